The van der Waals surface area contributed by atoms with Crippen LogP contribution in [0, 0.1) is 11.8 Å². The lowest BCUT2D eigenvalue weighted by Gasteiger charge is -2.37. The van der Waals surface area contributed by atoms with Crippen molar-refractivity contribution in [2.45, 2.75) is 58.1 Å². The summed E-state index contributed by atoms with van der Waals surface area (Å²) in [7, 11) is 1.73. The second-order valence-corrected chi connectivity index (χ2v) is 6.11. The highest BCUT2D eigenvalue weighted by atomic mass is 16.5. The lowest BCUT2D eigenvalue weighted by molar-refractivity contribution is -0.0171. The van der Waals surface area contributed by atoms with Gasteiger partial charge in [0, 0.05) is 19.7 Å². The van der Waals surface area contributed by atoms with Gasteiger partial charge in [0.15, 0.2) is 0 Å². The summed E-state index contributed by atoms with van der Waals surface area (Å²) in [5.41, 5.74) is -0.501. The number of hydrogen-bond donors (Lipinski definition) is 2. The van der Waals surface area contributed by atoms with Gasteiger partial charge < -0.3 is 15.2 Å². The Morgan fingerprint density at radius 3 is 2.71 bits per heavy atom. The first kappa shape index (κ1) is 14.9. The van der Waals surface area contributed by atoms with Gasteiger partial charge in [-0.05, 0) is 24.7 Å². The smallest absolute Gasteiger partial charge is 0.0774 e. The molecular weight excluding hydrogens is 214 g/mol. The van der Waals surface area contributed by atoms with Crippen molar-refractivity contribution >= 4 is 0 Å². The molecule has 0 saturated heterocycles. The Morgan fingerprint density at radius 1 is 1.47 bits per heavy atom. The van der Waals surface area contributed by atoms with Crippen molar-refractivity contribution in [2.75, 3.05) is 20.3 Å². The summed E-state index contributed by atoms with van der Waals surface area (Å²) >= 11 is 0. The van der Waals surface area contributed by atoms with E-state index in [4.69, 9.17) is 4.74 Å². The largest absolute Gasteiger partial charge is 0.389 e. The summed E-state index contributed by atoms with van der Waals surface area (Å²) in [5.74, 6) is 1.18. The highest BCUT2D eigenvalue weighted by Gasteiger charge is 2.33. The second-order valence-electron chi connectivity index (χ2n) is 6.11. The molecule has 0 amide bonds. The van der Waals surface area contributed by atoms with Gasteiger partial charge in [0.25, 0.3) is 0 Å². The predicted octanol–water partition coefficient (Wildman–Crippen LogP) is 2.19. The Hall–Kier alpha value is -0.120. The van der Waals surface area contributed by atoms with Gasteiger partial charge in [0.2, 0.25) is 0 Å². The molecule has 0 aromatic heterocycles. The van der Waals surface area contributed by atoms with E-state index in [1.165, 1.54) is 6.42 Å². The zero-order valence-electron chi connectivity index (χ0n) is 11.8. The third kappa shape index (κ3) is 4.94. The van der Waals surface area contributed by atoms with Crippen molar-refractivity contribution in [2.24, 2.45) is 11.8 Å². The molecule has 0 aromatic carbocycles. The van der Waals surface area contributed by atoms with Gasteiger partial charge in [-0.2, -0.15) is 0 Å². The van der Waals surface area contributed by atoms with E-state index in [1.54, 1.807) is 7.11 Å². The van der Waals surface area contributed by atoms with Crippen LogP contribution in [-0.2, 0) is 4.74 Å². The standard InChI is InChI=1S/C14H29NO2/c1-11(2)13(9-17-4)15-10-14(16)7-5-6-12(3)8-14/h11-13,15-16H,5-10H2,1-4H3. The Balaban J connectivity index is 2.41. The molecule has 2 N–H and O–H groups in total. The van der Waals surface area contributed by atoms with Crippen LogP contribution in [0.5, 0.6) is 0 Å². The molecule has 0 bridgehead atoms. The van der Waals surface area contributed by atoms with E-state index in [-0.39, 0.29) is 0 Å². The molecule has 3 unspecified atom stereocenters. The molecule has 1 aliphatic rings. The number of aliphatic hydroxyl groups is 1. The van der Waals surface area contributed by atoms with Crippen LogP contribution in [-0.4, -0.2) is 37.0 Å². The van der Waals surface area contributed by atoms with Crippen LogP contribution in [0.3, 0.4) is 0 Å². The molecule has 0 heterocycles. The number of methoxy groups -OCH3 is 1. The Bertz CT molecular complexity index is 220. The summed E-state index contributed by atoms with van der Waals surface area (Å²) in [4.78, 5) is 0. The van der Waals surface area contributed by atoms with E-state index in [0.717, 1.165) is 19.3 Å². The van der Waals surface area contributed by atoms with Crippen LogP contribution in [0.1, 0.15) is 46.5 Å². The molecule has 3 atom stereocenters. The van der Waals surface area contributed by atoms with Gasteiger partial charge in [0.05, 0.1) is 12.2 Å². The molecule has 1 saturated carbocycles. The van der Waals surface area contributed by atoms with E-state index in [9.17, 15) is 5.11 Å². The topological polar surface area (TPSA) is 41.5 Å². The number of hydrogen-bond acceptors (Lipinski definition) is 3. The first-order valence-electron chi connectivity index (χ1n) is 6.91. The van der Waals surface area contributed by atoms with E-state index in [2.05, 4.69) is 26.1 Å². The fourth-order valence-corrected chi connectivity index (χ4v) is 2.78. The minimum atomic E-state index is -0.501. The van der Waals surface area contributed by atoms with Gasteiger partial charge in [-0.1, -0.05) is 33.6 Å². The molecule has 0 aliphatic heterocycles. The van der Waals surface area contributed by atoms with Crippen molar-refractivity contribution in [3.63, 3.8) is 0 Å². The van der Waals surface area contributed by atoms with E-state index in [0.29, 0.717) is 31.0 Å². The maximum Gasteiger partial charge on any atom is 0.0774 e. The minimum Gasteiger partial charge on any atom is -0.389 e. The third-order valence-corrected chi connectivity index (χ3v) is 3.91. The van der Waals surface area contributed by atoms with Gasteiger partial charge in [-0.3, -0.25) is 0 Å². The average Bonchev–Trinajstić information content (AvgIpc) is 2.23. The zero-order chi connectivity index (χ0) is 12.9. The molecule has 1 fully saturated rings. The van der Waals surface area contributed by atoms with E-state index in [1.807, 2.05) is 0 Å². The normalized spacial score (nSPS) is 31.8. The quantitative estimate of drug-likeness (QED) is 0.751. The van der Waals surface area contributed by atoms with Crippen molar-refractivity contribution in [3.8, 4) is 0 Å². The average molecular weight is 243 g/mol. The summed E-state index contributed by atoms with van der Waals surface area (Å²) in [5, 5.41) is 14.0. The lowest BCUT2D eigenvalue weighted by Crippen LogP contribution is -2.49. The number of nitrogens with one attached hydrogen (secondary N) is 1. The second kappa shape index (κ2) is 6.72. The van der Waals surface area contributed by atoms with E-state index >= 15 is 0 Å². The summed E-state index contributed by atoms with van der Waals surface area (Å²) in [6.07, 6.45) is 4.27. The van der Waals surface area contributed by atoms with Crippen molar-refractivity contribution in [1.29, 1.82) is 0 Å². The van der Waals surface area contributed by atoms with Gasteiger partial charge >= 0.3 is 0 Å². The summed E-state index contributed by atoms with van der Waals surface area (Å²) in [6.45, 7) is 8.01. The van der Waals surface area contributed by atoms with Crippen LogP contribution in [0.25, 0.3) is 0 Å². The summed E-state index contributed by atoms with van der Waals surface area (Å²) in [6, 6.07) is 0.334. The summed E-state index contributed by atoms with van der Waals surface area (Å²) < 4.78 is 5.22. The first-order valence-corrected chi connectivity index (χ1v) is 6.91. The number of rotatable bonds is 6. The first-order chi connectivity index (χ1) is 7.97. The molecule has 3 nitrogen and oxygen atoms in total. The van der Waals surface area contributed by atoms with Gasteiger partial charge in [0.1, 0.15) is 0 Å². The maximum atomic E-state index is 10.5. The fraction of sp³-hybridized carbons (Fsp3) is 1.00. The molecule has 1 rings (SSSR count). The van der Waals surface area contributed by atoms with Crippen LogP contribution in [0.15, 0.2) is 0 Å². The van der Waals surface area contributed by atoms with Crippen molar-refractivity contribution in [1.82, 2.24) is 5.32 Å². The van der Waals surface area contributed by atoms with E-state index < -0.39 is 5.60 Å². The molecule has 0 aromatic rings. The predicted molar refractivity (Wildman–Crippen MR) is 71.1 cm³/mol. The Morgan fingerprint density at radius 2 is 2.18 bits per heavy atom. The fourth-order valence-electron chi connectivity index (χ4n) is 2.78. The van der Waals surface area contributed by atoms with Crippen molar-refractivity contribution in [3.05, 3.63) is 0 Å². The highest BCUT2D eigenvalue weighted by Crippen LogP contribution is 2.31. The maximum absolute atomic E-state index is 10.5. The molecule has 17 heavy (non-hydrogen) atoms. The monoisotopic (exact) mass is 243 g/mol. The zero-order valence-corrected chi connectivity index (χ0v) is 11.8. The minimum absolute atomic E-state index is 0.334. The van der Waals surface area contributed by atoms with Crippen LogP contribution < -0.4 is 5.32 Å². The molecule has 102 valence electrons. The molecule has 1 aliphatic carbocycles. The molecular formula is C14H29NO2. The Kier molecular flexibility index (Phi) is 5.90. The Labute approximate surface area is 106 Å². The van der Waals surface area contributed by atoms with Crippen LogP contribution in [0.4, 0.5) is 0 Å². The van der Waals surface area contributed by atoms with Crippen LogP contribution in [0.2, 0.25) is 0 Å². The lowest BCUT2D eigenvalue weighted by atomic mass is 9.79. The molecule has 3 heteroatoms. The van der Waals surface area contributed by atoms with Gasteiger partial charge in [-0.25, -0.2) is 0 Å². The van der Waals surface area contributed by atoms with Crippen LogP contribution >= 0.6 is 0 Å². The SMILES string of the molecule is COCC(NCC1(O)CCCC(C)C1)C(C)C. The molecule has 0 radical (unpaired) electrons. The molecule has 0 spiro atoms. The third-order valence-electron chi connectivity index (χ3n) is 3.91. The van der Waals surface area contributed by atoms with Gasteiger partial charge in [-0.15, -0.1) is 0 Å². The highest BCUT2D eigenvalue weighted by molar-refractivity contribution is 4.88. The van der Waals surface area contributed by atoms with Crippen molar-refractivity contribution < 1.29 is 9.84 Å². The number of ether oxygens (including phenoxy) is 1.